The highest BCUT2D eigenvalue weighted by molar-refractivity contribution is 7.91. The molecule has 0 atom stereocenters. The zero-order valence-electron chi connectivity index (χ0n) is 15.1. The molecule has 0 aliphatic heterocycles. The average Bonchev–Trinajstić information content (AvgIpc) is 2.99. The molecule has 0 fully saturated rings. The van der Waals surface area contributed by atoms with Gasteiger partial charge in [0.15, 0.2) is 0 Å². The van der Waals surface area contributed by atoms with Crippen LogP contribution in [-0.4, -0.2) is 30.6 Å². The van der Waals surface area contributed by atoms with Crippen LogP contribution in [0.25, 0.3) is 10.9 Å². The van der Waals surface area contributed by atoms with Crippen LogP contribution in [-0.2, 0) is 21.1 Å². The Morgan fingerprint density at radius 2 is 1.85 bits per heavy atom. The second-order valence-electron chi connectivity index (χ2n) is 6.52. The first kappa shape index (κ1) is 19.0. The number of fused-ring (bicyclic) bond motifs is 1. The number of rotatable bonds is 7. The molecule has 2 N–H and O–H groups in total. The topological polar surface area (TPSA) is 96.5 Å². The molecule has 142 valence electrons. The maximum atomic E-state index is 13.1. The quantitative estimate of drug-likeness (QED) is 0.643. The Hall–Kier alpha value is -2.80. The molecule has 3 aromatic rings. The van der Waals surface area contributed by atoms with Gasteiger partial charge in [0.1, 0.15) is 10.8 Å². The fourth-order valence-corrected chi connectivity index (χ4v) is 4.51. The summed E-state index contributed by atoms with van der Waals surface area (Å²) < 4.78 is 31.9. The van der Waals surface area contributed by atoms with E-state index in [1.54, 1.807) is 36.4 Å². The van der Waals surface area contributed by atoms with Crippen LogP contribution < -0.4 is 4.74 Å². The number of aliphatic carboxylic acids is 1. The number of sulfone groups is 1. The van der Waals surface area contributed by atoms with Crippen molar-refractivity contribution in [1.82, 2.24) is 4.98 Å². The van der Waals surface area contributed by atoms with Crippen LogP contribution in [0.3, 0.4) is 0 Å². The smallest absolute Gasteiger partial charge is 0.303 e. The standard InChI is InChI=1S/C20H21NO5S/c1-13(2)26-14-8-10-18-17(12-14)16(9-11-19(22)23)20(21-18)27(24,25)15-6-4-3-5-7-15/h3-8,10,12-13,21H,9,11H2,1-2H3,(H,22,23). The van der Waals surface area contributed by atoms with Crippen molar-refractivity contribution in [2.45, 2.75) is 42.7 Å². The molecule has 0 saturated heterocycles. The summed E-state index contributed by atoms with van der Waals surface area (Å²) >= 11 is 0. The van der Waals surface area contributed by atoms with Gasteiger partial charge in [-0.2, -0.15) is 0 Å². The van der Waals surface area contributed by atoms with Crippen LogP contribution in [0.1, 0.15) is 25.8 Å². The SMILES string of the molecule is CC(C)Oc1ccc2[nH]c(S(=O)(=O)c3ccccc3)c(CCC(=O)O)c2c1. The normalized spacial score (nSPS) is 11.8. The highest BCUT2D eigenvalue weighted by atomic mass is 32.2. The van der Waals surface area contributed by atoms with Crippen molar-refractivity contribution in [1.29, 1.82) is 0 Å². The minimum absolute atomic E-state index is 0.0311. The summed E-state index contributed by atoms with van der Waals surface area (Å²) in [6.07, 6.45) is -0.0992. The molecular formula is C20H21NO5S. The Labute approximate surface area is 157 Å². The zero-order chi connectivity index (χ0) is 19.6. The molecule has 0 unspecified atom stereocenters. The van der Waals surface area contributed by atoms with Gasteiger partial charge < -0.3 is 14.8 Å². The minimum Gasteiger partial charge on any atom is -0.491 e. The van der Waals surface area contributed by atoms with Gasteiger partial charge in [0.25, 0.3) is 0 Å². The third kappa shape index (κ3) is 3.98. The van der Waals surface area contributed by atoms with Gasteiger partial charge in [0.2, 0.25) is 9.84 Å². The van der Waals surface area contributed by atoms with Gasteiger partial charge >= 0.3 is 5.97 Å². The molecule has 27 heavy (non-hydrogen) atoms. The maximum Gasteiger partial charge on any atom is 0.303 e. The molecule has 6 nitrogen and oxygen atoms in total. The van der Waals surface area contributed by atoms with E-state index in [0.717, 1.165) is 0 Å². The molecule has 0 saturated carbocycles. The summed E-state index contributed by atoms with van der Waals surface area (Å²) in [5.41, 5.74) is 1.09. The number of aromatic nitrogens is 1. The summed E-state index contributed by atoms with van der Waals surface area (Å²) in [5, 5.41) is 9.77. The second kappa shape index (κ2) is 7.44. The first-order valence-corrected chi connectivity index (χ1v) is 10.1. The van der Waals surface area contributed by atoms with Crippen molar-refractivity contribution in [2.75, 3.05) is 0 Å². The molecular weight excluding hydrogens is 366 g/mol. The first-order chi connectivity index (χ1) is 12.8. The first-order valence-electron chi connectivity index (χ1n) is 8.62. The van der Waals surface area contributed by atoms with Crippen molar-refractivity contribution in [2.24, 2.45) is 0 Å². The number of nitrogens with one attached hydrogen (secondary N) is 1. The second-order valence-corrected chi connectivity index (χ2v) is 8.40. The molecule has 7 heteroatoms. The van der Waals surface area contributed by atoms with Gasteiger partial charge in [-0.25, -0.2) is 8.42 Å². The number of hydrogen-bond acceptors (Lipinski definition) is 4. The molecule has 3 rings (SSSR count). The number of benzene rings is 2. The highest BCUT2D eigenvalue weighted by Crippen LogP contribution is 2.33. The van der Waals surface area contributed by atoms with Crippen molar-refractivity contribution in [3.8, 4) is 5.75 Å². The van der Waals surface area contributed by atoms with E-state index in [-0.39, 0.29) is 28.9 Å². The lowest BCUT2D eigenvalue weighted by Crippen LogP contribution is -2.07. The van der Waals surface area contributed by atoms with Crippen molar-refractivity contribution < 1.29 is 23.1 Å². The van der Waals surface area contributed by atoms with E-state index in [0.29, 0.717) is 22.2 Å². The number of ether oxygens (including phenoxy) is 1. The van der Waals surface area contributed by atoms with Gasteiger partial charge in [0, 0.05) is 17.3 Å². The summed E-state index contributed by atoms with van der Waals surface area (Å²) in [4.78, 5) is 14.2. The average molecular weight is 387 g/mol. The third-order valence-corrected chi connectivity index (χ3v) is 5.90. The molecule has 2 aromatic carbocycles. The Balaban J connectivity index is 2.19. The molecule has 0 aliphatic carbocycles. The summed E-state index contributed by atoms with van der Waals surface area (Å²) in [6, 6.07) is 13.4. The van der Waals surface area contributed by atoms with Gasteiger partial charge in [0.05, 0.1) is 11.0 Å². The predicted octanol–water partition coefficient (Wildman–Crippen LogP) is 3.81. The minimum atomic E-state index is -3.80. The van der Waals surface area contributed by atoms with Crippen LogP contribution in [0, 0.1) is 0 Å². The lowest BCUT2D eigenvalue weighted by molar-refractivity contribution is -0.136. The van der Waals surface area contributed by atoms with E-state index in [9.17, 15) is 13.2 Å². The van der Waals surface area contributed by atoms with Gasteiger partial charge in [-0.15, -0.1) is 0 Å². The predicted molar refractivity (Wildman–Crippen MR) is 102 cm³/mol. The summed E-state index contributed by atoms with van der Waals surface area (Å²) in [5.74, 6) is -0.376. The maximum absolute atomic E-state index is 13.1. The monoisotopic (exact) mass is 387 g/mol. The van der Waals surface area contributed by atoms with E-state index in [4.69, 9.17) is 9.84 Å². The largest absolute Gasteiger partial charge is 0.491 e. The molecule has 0 spiro atoms. The third-order valence-electron chi connectivity index (χ3n) is 4.12. The molecule has 1 aromatic heterocycles. The molecule has 1 heterocycles. The molecule has 0 bridgehead atoms. The fourth-order valence-electron chi connectivity index (χ4n) is 2.97. The summed E-state index contributed by atoms with van der Waals surface area (Å²) in [7, 11) is -3.80. The van der Waals surface area contributed by atoms with Crippen molar-refractivity contribution in [3.05, 3.63) is 54.1 Å². The number of carbonyl (C=O) groups is 1. The Morgan fingerprint density at radius 1 is 1.15 bits per heavy atom. The van der Waals surface area contributed by atoms with Crippen LogP contribution >= 0.6 is 0 Å². The van der Waals surface area contributed by atoms with Crippen LogP contribution in [0.4, 0.5) is 0 Å². The van der Waals surface area contributed by atoms with E-state index < -0.39 is 15.8 Å². The van der Waals surface area contributed by atoms with E-state index >= 15 is 0 Å². The van der Waals surface area contributed by atoms with Crippen LogP contribution in [0.5, 0.6) is 5.75 Å². The Morgan fingerprint density at radius 3 is 2.48 bits per heavy atom. The lowest BCUT2D eigenvalue weighted by atomic mass is 10.1. The number of aromatic amines is 1. The van der Waals surface area contributed by atoms with Crippen LogP contribution in [0.2, 0.25) is 0 Å². The van der Waals surface area contributed by atoms with Crippen LogP contribution in [0.15, 0.2) is 58.5 Å². The molecule has 0 amide bonds. The van der Waals surface area contributed by atoms with Gasteiger partial charge in [-0.05, 0) is 56.2 Å². The number of aryl methyl sites for hydroxylation is 1. The van der Waals surface area contributed by atoms with E-state index in [1.165, 1.54) is 12.1 Å². The number of hydrogen-bond donors (Lipinski definition) is 2. The number of carboxylic acid groups (broad SMARTS) is 1. The molecule has 0 aliphatic rings. The van der Waals surface area contributed by atoms with E-state index in [2.05, 4.69) is 4.98 Å². The van der Waals surface area contributed by atoms with Crippen molar-refractivity contribution in [3.63, 3.8) is 0 Å². The summed E-state index contributed by atoms with van der Waals surface area (Å²) in [6.45, 7) is 3.80. The zero-order valence-corrected chi connectivity index (χ0v) is 15.9. The highest BCUT2D eigenvalue weighted by Gasteiger charge is 2.26. The number of H-pyrrole nitrogens is 1. The Kier molecular flexibility index (Phi) is 5.23. The van der Waals surface area contributed by atoms with E-state index in [1.807, 2.05) is 13.8 Å². The molecule has 0 radical (unpaired) electrons. The number of carboxylic acids is 1. The van der Waals surface area contributed by atoms with Gasteiger partial charge in [-0.1, -0.05) is 18.2 Å². The Bertz CT molecular complexity index is 1070. The van der Waals surface area contributed by atoms with Crippen molar-refractivity contribution >= 4 is 26.7 Å². The fraction of sp³-hybridized carbons (Fsp3) is 0.250. The lowest BCUT2D eigenvalue weighted by Gasteiger charge is -2.10. The van der Waals surface area contributed by atoms with Gasteiger partial charge in [-0.3, -0.25) is 4.79 Å².